The van der Waals surface area contributed by atoms with Crippen LogP contribution >= 0.6 is 0 Å². The zero-order chi connectivity index (χ0) is 11.0. The van der Waals surface area contributed by atoms with E-state index >= 15 is 0 Å². The zero-order valence-corrected chi connectivity index (χ0v) is 8.83. The predicted octanol–water partition coefficient (Wildman–Crippen LogP) is 0.438. The smallest absolute Gasteiger partial charge is 0.315 e. The van der Waals surface area contributed by atoms with Crippen LogP contribution in [0.15, 0.2) is 0 Å². The molecule has 0 aromatic carbocycles. The topological polar surface area (TPSA) is 64.6 Å². The van der Waals surface area contributed by atoms with Gasteiger partial charge in [0, 0.05) is 0 Å². The van der Waals surface area contributed by atoms with E-state index in [1.165, 1.54) is 0 Å². The van der Waals surface area contributed by atoms with Crippen molar-refractivity contribution in [2.75, 3.05) is 13.3 Å². The second-order valence-electron chi connectivity index (χ2n) is 2.94. The molecule has 1 amide bonds. The summed E-state index contributed by atoms with van der Waals surface area (Å²) in [5, 5.41) is 2.44. The van der Waals surface area contributed by atoms with E-state index in [4.69, 9.17) is 4.74 Å². The molecule has 0 aliphatic rings. The lowest BCUT2D eigenvalue weighted by Gasteiger charge is -2.08. The molecule has 0 bridgehead atoms. The average Bonchev–Trinajstić information content (AvgIpc) is 2.03. The van der Waals surface area contributed by atoms with Crippen LogP contribution in [0.1, 0.15) is 27.2 Å². The van der Waals surface area contributed by atoms with Crippen LogP contribution in [0, 0.1) is 0 Å². The van der Waals surface area contributed by atoms with Crippen molar-refractivity contribution < 1.29 is 19.1 Å². The number of amides is 1. The van der Waals surface area contributed by atoms with E-state index in [1.54, 1.807) is 6.92 Å². The standard InChI is InChI=1S/C9H17NO4/c1-4-13-9(12)5-8(11)10-6-14-7(2)3/h7H,4-6H2,1-3H3,(H,10,11). The minimum absolute atomic E-state index is 0.0536. The summed E-state index contributed by atoms with van der Waals surface area (Å²) in [7, 11) is 0. The largest absolute Gasteiger partial charge is 0.466 e. The van der Waals surface area contributed by atoms with E-state index in [1.807, 2.05) is 13.8 Å². The number of carbonyl (C=O) groups is 2. The summed E-state index contributed by atoms with van der Waals surface area (Å²) in [6, 6.07) is 0. The highest BCUT2D eigenvalue weighted by molar-refractivity contribution is 5.94. The molecule has 0 fully saturated rings. The summed E-state index contributed by atoms with van der Waals surface area (Å²) in [5.41, 5.74) is 0. The molecule has 0 heterocycles. The van der Waals surface area contributed by atoms with Gasteiger partial charge in [0.2, 0.25) is 5.91 Å². The van der Waals surface area contributed by atoms with Crippen molar-refractivity contribution in [3.05, 3.63) is 0 Å². The van der Waals surface area contributed by atoms with Crippen molar-refractivity contribution in [3.8, 4) is 0 Å². The van der Waals surface area contributed by atoms with Gasteiger partial charge in [-0.25, -0.2) is 0 Å². The molecule has 0 atom stereocenters. The predicted molar refractivity (Wildman–Crippen MR) is 50.5 cm³/mol. The third-order valence-corrected chi connectivity index (χ3v) is 1.30. The summed E-state index contributed by atoms with van der Waals surface area (Å²) < 4.78 is 9.67. The minimum atomic E-state index is -0.519. The van der Waals surface area contributed by atoms with Gasteiger partial charge in [-0.05, 0) is 20.8 Å². The van der Waals surface area contributed by atoms with Gasteiger partial charge in [0.1, 0.15) is 13.2 Å². The number of nitrogens with one attached hydrogen (secondary N) is 1. The van der Waals surface area contributed by atoms with Crippen molar-refractivity contribution in [3.63, 3.8) is 0 Å². The molecule has 82 valence electrons. The van der Waals surface area contributed by atoms with Gasteiger partial charge in [0.25, 0.3) is 0 Å². The monoisotopic (exact) mass is 203 g/mol. The number of ether oxygens (including phenoxy) is 2. The van der Waals surface area contributed by atoms with Crippen LogP contribution in [0.2, 0.25) is 0 Å². The lowest BCUT2D eigenvalue weighted by Crippen LogP contribution is -2.29. The summed E-state index contributed by atoms with van der Waals surface area (Å²) in [4.78, 5) is 21.8. The molecule has 0 saturated carbocycles. The van der Waals surface area contributed by atoms with E-state index in [2.05, 4.69) is 10.1 Å². The molecular weight excluding hydrogens is 186 g/mol. The molecule has 0 radical (unpaired) electrons. The molecule has 0 unspecified atom stereocenters. The fourth-order valence-corrected chi connectivity index (χ4v) is 0.694. The van der Waals surface area contributed by atoms with Gasteiger partial charge in [-0.15, -0.1) is 0 Å². The molecule has 0 aromatic rings. The van der Waals surface area contributed by atoms with E-state index in [0.29, 0.717) is 0 Å². The molecule has 0 saturated heterocycles. The number of hydrogen-bond donors (Lipinski definition) is 1. The van der Waals surface area contributed by atoms with Crippen molar-refractivity contribution in [1.82, 2.24) is 5.32 Å². The zero-order valence-electron chi connectivity index (χ0n) is 8.83. The second-order valence-corrected chi connectivity index (χ2v) is 2.94. The highest BCUT2D eigenvalue weighted by Crippen LogP contribution is 1.88. The van der Waals surface area contributed by atoms with Crippen LogP contribution in [0.3, 0.4) is 0 Å². The van der Waals surface area contributed by atoms with E-state index in [-0.39, 0.29) is 31.8 Å². The molecule has 14 heavy (non-hydrogen) atoms. The van der Waals surface area contributed by atoms with Crippen molar-refractivity contribution in [1.29, 1.82) is 0 Å². The molecule has 5 heteroatoms. The first kappa shape index (κ1) is 12.9. The van der Waals surface area contributed by atoms with Gasteiger partial charge in [-0.1, -0.05) is 0 Å². The van der Waals surface area contributed by atoms with Crippen LogP contribution in [-0.2, 0) is 19.1 Å². The van der Waals surface area contributed by atoms with Crippen LogP contribution in [0.5, 0.6) is 0 Å². The van der Waals surface area contributed by atoms with Crippen molar-refractivity contribution in [2.45, 2.75) is 33.3 Å². The second kappa shape index (κ2) is 7.32. The fourth-order valence-electron chi connectivity index (χ4n) is 0.694. The van der Waals surface area contributed by atoms with Crippen LogP contribution in [0.4, 0.5) is 0 Å². The molecule has 0 aliphatic heterocycles. The first-order chi connectivity index (χ1) is 6.56. The van der Waals surface area contributed by atoms with Crippen LogP contribution in [-0.4, -0.2) is 31.3 Å². The average molecular weight is 203 g/mol. The van der Waals surface area contributed by atoms with E-state index < -0.39 is 5.97 Å². The Bertz CT molecular complexity index is 191. The summed E-state index contributed by atoms with van der Waals surface area (Å²) in [6.07, 6.45) is -0.201. The Labute approximate surface area is 83.8 Å². The number of hydrogen-bond acceptors (Lipinski definition) is 4. The Kier molecular flexibility index (Phi) is 6.74. The fraction of sp³-hybridized carbons (Fsp3) is 0.778. The molecular formula is C9H17NO4. The lowest BCUT2D eigenvalue weighted by molar-refractivity contribution is -0.146. The molecule has 1 N–H and O–H groups in total. The quantitative estimate of drug-likeness (QED) is 0.386. The Morgan fingerprint density at radius 2 is 2.00 bits per heavy atom. The maximum absolute atomic E-state index is 11.0. The highest BCUT2D eigenvalue weighted by Gasteiger charge is 2.09. The minimum Gasteiger partial charge on any atom is -0.466 e. The van der Waals surface area contributed by atoms with Gasteiger partial charge < -0.3 is 14.8 Å². The molecule has 5 nitrogen and oxygen atoms in total. The number of carbonyl (C=O) groups excluding carboxylic acids is 2. The van der Waals surface area contributed by atoms with Gasteiger partial charge in [0.15, 0.2) is 0 Å². The molecule has 0 spiro atoms. The Morgan fingerprint density at radius 1 is 1.36 bits per heavy atom. The van der Waals surface area contributed by atoms with Gasteiger partial charge in [-0.2, -0.15) is 0 Å². The third kappa shape index (κ3) is 7.54. The molecule has 0 rings (SSSR count). The third-order valence-electron chi connectivity index (χ3n) is 1.30. The van der Waals surface area contributed by atoms with Gasteiger partial charge in [-0.3, -0.25) is 9.59 Å². The molecule has 0 aromatic heterocycles. The maximum atomic E-state index is 11.0. The normalized spacial score (nSPS) is 10.0. The SMILES string of the molecule is CCOC(=O)CC(=O)NCOC(C)C. The Balaban J connectivity index is 3.50. The van der Waals surface area contributed by atoms with Crippen LogP contribution < -0.4 is 5.32 Å². The first-order valence-corrected chi connectivity index (χ1v) is 4.60. The van der Waals surface area contributed by atoms with Gasteiger partial charge >= 0.3 is 5.97 Å². The Hall–Kier alpha value is -1.10. The maximum Gasteiger partial charge on any atom is 0.315 e. The Morgan fingerprint density at radius 3 is 2.50 bits per heavy atom. The van der Waals surface area contributed by atoms with Crippen molar-refractivity contribution >= 4 is 11.9 Å². The summed E-state index contributed by atoms with van der Waals surface area (Å²) in [5.74, 6) is -0.904. The number of rotatable bonds is 6. The lowest BCUT2D eigenvalue weighted by atomic mass is 10.4. The number of esters is 1. The van der Waals surface area contributed by atoms with Crippen molar-refractivity contribution in [2.24, 2.45) is 0 Å². The summed E-state index contributed by atoms with van der Waals surface area (Å²) in [6.45, 7) is 5.82. The first-order valence-electron chi connectivity index (χ1n) is 4.60. The summed E-state index contributed by atoms with van der Waals surface area (Å²) >= 11 is 0. The molecule has 0 aliphatic carbocycles. The highest BCUT2D eigenvalue weighted by atomic mass is 16.5. The van der Waals surface area contributed by atoms with Crippen LogP contribution in [0.25, 0.3) is 0 Å². The van der Waals surface area contributed by atoms with Gasteiger partial charge in [0.05, 0.1) is 12.7 Å². The van der Waals surface area contributed by atoms with E-state index in [9.17, 15) is 9.59 Å². The van der Waals surface area contributed by atoms with E-state index in [0.717, 1.165) is 0 Å².